The molecule has 0 radical (unpaired) electrons. The van der Waals surface area contributed by atoms with Crippen molar-refractivity contribution in [2.75, 3.05) is 18.8 Å². The number of likely N-dealkylation sites (tertiary alicyclic amines) is 1. The van der Waals surface area contributed by atoms with Crippen LogP contribution in [0.3, 0.4) is 0 Å². The molecule has 1 aromatic carbocycles. The molecular weight excluding hydrogens is 434 g/mol. The van der Waals surface area contributed by atoms with Gasteiger partial charge in [0.05, 0.1) is 22.9 Å². The zero-order valence-electron chi connectivity index (χ0n) is 16.5. The Morgan fingerprint density at radius 1 is 1.10 bits per heavy atom. The van der Waals surface area contributed by atoms with Gasteiger partial charge in [0.15, 0.2) is 0 Å². The minimum Gasteiger partial charge on any atom is -0.350 e. The number of hydrogen-bond acceptors (Lipinski definition) is 6. The molecule has 0 atom stereocenters. The second-order valence-electron chi connectivity index (χ2n) is 7.10. The van der Waals surface area contributed by atoms with Gasteiger partial charge >= 0.3 is 0 Å². The highest BCUT2D eigenvalue weighted by atomic mass is 32.2. The number of benzene rings is 1. The maximum atomic E-state index is 12.6. The number of nitrogens with zero attached hydrogens (tertiary/aromatic N) is 2. The molecule has 1 saturated heterocycles. The summed E-state index contributed by atoms with van der Waals surface area (Å²) in [6.45, 7) is 1.74. The number of nitrogens with one attached hydrogen (secondary N) is 1. The molecule has 4 rings (SSSR count). The Labute approximate surface area is 188 Å². The predicted octanol–water partition coefficient (Wildman–Crippen LogP) is 4.52. The molecule has 1 fully saturated rings. The van der Waals surface area contributed by atoms with Crippen molar-refractivity contribution in [3.63, 3.8) is 0 Å². The van der Waals surface area contributed by atoms with Gasteiger partial charge < -0.3 is 10.2 Å². The van der Waals surface area contributed by atoms with Crippen LogP contribution in [0.15, 0.2) is 58.1 Å². The summed E-state index contributed by atoms with van der Waals surface area (Å²) < 4.78 is 0. The molecule has 1 aliphatic heterocycles. The summed E-state index contributed by atoms with van der Waals surface area (Å²) >= 11 is 4.83. The average molecular weight is 458 g/mol. The topological polar surface area (TPSA) is 62.3 Å². The molecule has 2 aromatic heterocycles. The number of amides is 2. The lowest BCUT2D eigenvalue weighted by Crippen LogP contribution is -2.43. The largest absolute Gasteiger partial charge is 0.350 e. The van der Waals surface area contributed by atoms with Gasteiger partial charge in [-0.15, -0.1) is 34.4 Å². The number of thiophene rings is 1. The summed E-state index contributed by atoms with van der Waals surface area (Å²) in [5.41, 5.74) is 0.891. The number of thioether (sulfide) groups is 1. The quantitative estimate of drug-likeness (QED) is 0.530. The number of thiazole rings is 1. The van der Waals surface area contributed by atoms with Crippen molar-refractivity contribution in [2.24, 2.45) is 5.92 Å². The van der Waals surface area contributed by atoms with Crippen molar-refractivity contribution in [1.29, 1.82) is 0 Å². The summed E-state index contributed by atoms with van der Waals surface area (Å²) in [7, 11) is 0. The maximum absolute atomic E-state index is 12.6. The molecule has 1 N–H and O–H groups in total. The molecule has 0 aliphatic carbocycles. The van der Waals surface area contributed by atoms with Crippen molar-refractivity contribution in [3.8, 4) is 9.88 Å². The van der Waals surface area contributed by atoms with Gasteiger partial charge in [-0.2, -0.15) is 0 Å². The van der Waals surface area contributed by atoms with Crippen LogP contribution in [0.4, 0.5) is 0 Å². The van der Waals surface area contributed by atoms with Gasteiger partial charge in [-0.25, -0.2) is 4.98 Å². The summed E-state index contributed by atoms with van der Waals surface area (Å²) in [6, 6.07) is 14.0. The van der Waals surface area contributed by atoms with Gasteiger partial charge in [-0.3, -0.25) is 9.59 Å². The molecule has 0 bridgehead atoms. The van der Waals surface area contributed by atoms with E-state index in [1.807, 2.05) is 52.1 Å². The van der Waals surface area contributed by atoms with Crippen molar-refractivity contribution in [1.82, 2.24) is 15.2 Å². The molecule has 30 heavy (non-hydrogen) atoms. The Bertz CT molecular complexity index is 965. The third-order valence-electron chi connectivity index (χ3n) is 5.05. The molecule has 0 saturated carbocycles. The molecule has 3 aromatic rings. The second kappa shape index (κ2) is 10.2. The van der Waals surface area contributed by atoms with E-state index >= 15 is 0 Å². The predicted molar refractivity (Wildman–Crippen MR) is 124 cm³/mol. The van der Waals surface area contributed by atoms with E-state index in [9.17, 15) is 9.59 Å². The standard InChI is InChI=1S/C22H23N3O2S3/c26-20(15-29-18-5-2-1-3-6-18)25-10-8-16(9-11-25)21(27)23-13-17-14-30-22(24-17)19-7-4-12-28-19/h1-7,12,14,16H,8-11,13,15H2,(H,23,27). The fraction of sp³-hybridized carbons (Fsp3) is 0.318. The summed E-state index contributed by atoms with van der Waals surface area (Å²) in [5, 5.41) is 8.05. The van der Waals surface area contributed by atoms with Crippen LogP contribution in [0.2, 0.25) is 0 Å². The molecule has 0 unspecified atom stereocenters. The van der Waals surface area contributed by atoms with Crippen LogP contribution in [0.25, 0.3) is 9.88 Å². The normalized spacial score (nSPS) is 14.6. The monoisotopic (exact) mass is 457 g/mol. The van der Waals surface area contributed by atoms with E-state index in [1.165, 1.54) is 0 Å². The third kappa shape index (κ3) is 5.50. The Morgan fingerprint density at radius 2 is 1.90 bits per heavy atom. The van der Waals surface area contributed by atoms with Gasteiger partial charge in [0.2, 0.25) is 11.8 Å². The number of rotatable bonds is 7. The Balaban J connectivity index is 1.19. The van der Waals surface area contributed by atoms with Crippen LogP contribution in [-0.2, 0) is 16.1 Å². The van der Waals surface area contributed by atoms with E-state index < -0.39 is 0 Å². The highest BCUT2D eigenvalue weighted by Crippen LogP contribution is 2.28. The smallest absolute Gasteiger partial charge is 0.232 e. The zero-order chi connectivity index (χ0) is 20.8. The SMILES string of the molecule is O=C(NCc1csc(-c2cccs2)n1)C1CCN(C(=O)CSc2ccccc2)CC1. The Morgan fingerprint density at radius 3 is 2.63 bits per heavy atom. The molecule has 5 nitrogen and oxygen atoms in total. The van der Waals surface area contributed by atoms with E-state index in [2.05, 4.69) is 16.4 Å². The highest BCUT2D eigenvalue weighted by Gasteiger charge is 2.27. The van der Waals surface area contributed by atoms with Gasteiger partial charge in [0.25, 0.3) is 0 Å². The lowest BCUT2D eigenvalue weighted by molar-refractivity contribution is -0.133. The van der Waals surface area contributed by atoms with Crippen LogP contribution in [0.5, 0.6) is 0 Å². The van der Waals surface area contributed by atoms with Crippen LogP contribution < -0.4 is 5.32 Å². The summed E-state index contributed by atoms with van der Waals surface area (Å²) in [6.07, 6.45) is 1.43. The molecule has 1 aliphatic rings. The highest BCUT2D eigenvalue weighted by molar-refractivity contribution is 8.00. The van der Waals surface area contributed by atoms with E-state index in [-0.39, 0.29) is 17.7 Å². The first-order chi connectivity index (χ1) is 14.7. The van der Waals surface area contributed by atoms with E-state index in [4.69, 9.17) is 0 Å². The van der Waals surface area contributed by atoms with Crippen molar-refractivity contribution >= 4 is 46.2 Å². The van der Waals surface area contributed by atoms with E-state index in [0.717, 1.165) is 20.5 Å². The van der Waals surface area contributed by atoms with Crippen LogP contribution >= 0.6 is 34.4 Å². The van der Waals surface area contributed by atoms with Gasteiger partial charge in [-0.05, 0) is 36.4 Å². The van der Waals surface area contributed by atoms with Crippen molar-refractivity contribution in [3.05, 3.63) is 58.9 Å². The number of aromatic nitrogens is 1. The molecular formula is C22H23N3O2S3. The first-order valence-corrected chi connectivity index (χ1v) is 12.6. The molecule has 3 heterocycles. The number of carbonyl (C=O) groups excluding carboxylic acids is 2. The molecule has 0 spiro atoms. The first-order valence-electron chi connectivity index (χ1n) is 9.90. The van der Waals surface area contributed by atoms with Gasteiger partial charge in [0.1, 0.15) is 5.01 Å². The zero-order valence-corrected chi connectivity index (χ0v) is 18.9. The minimum atomic E-state index is -0.0359. The van der Waals surface area contributed by atoms with Crippen molar-refractivity contribution < 1.29 is 9.59 Å². The second-order valence-corrected chi connectivity index (χ2v) is 9.95. The minimum absolute atomic E-state index is 0.0359. The summed E-state index contributed by atoms with van der Waals surface area (Å²) in [4.78, 5) is 33.8. The van der Waals surface area contributed by atoms with Gasteiger partial charge in [-0.1, -0.05) is 24.3 Å². The van der Waals surface area contributed by atoms with E-state index in [0.29, 0.717) is 38.2 Å². The number of piperidine rings is 1. The number of carbonyl (C=O) groups is 2. The Hall–Kier alpha value is -2.16. The molecule has 156 valence electrons. The third-order valence-corrected chi connectivity index (χ3v) is 7.98. The maximum Gasteiger partial charge on any atom is 0.232 e. The summed E-state index contributed by atoms with van der Waals surface area (Å²) in [5.74, 6) is 0.612. The van der Waals surface area contributed by atoms with Crippen LogP contribution in [-0.4, -0.2) is 40.5 Å². The lowest BCUT2D eigenvalue weighted by atomic mass is 9.96. The van der Waals surface area contributed by atoms with Crippen molar-refractivity contribution in [2.45, 2.75) is 24.3 Å². The van der Waals surface area contributed by atoms with Crippen LogP contribution in [0, 0.1) is 5.92 Å². The Kier molecular flexibility index (Phi) is 7.20. The fourth-order valence-corrected chi connectivity index (χ4v) is 5.82. The first kappa shape index (κ1) is 21.1. The van der Waals surface area contributed by atoms with E-state index in [1.54, 1.807) is 34.4 Å². The number of hydrogen-bond donors (Lipinski definition) is 1. The lowest BCUT2D eigenvalue weighted by Gasteiger charge is -2.31. The van der Waals surface area contributed by atoms with Crippen LogP contribution in [0.1, 0.15) is 18.5 Å². The average Bonchev–Trinajstić information content (AvgIpc) is 3.48. The fourth-order valence-electron chi connectivity index (χ4n) is 3.37. The molecule has 2 amide bonds. The molecule has 8 heteroatoms. The van der Waals surface area contributed by atoms with Gasteiger partial charge in [0, 0.05) is 29.3 Å².